The molecule has 4 atom stereocenters. The van der Waals surface area contributed by atoms with Gasteiger partial charge in [-0.05, 0) is 44.6 Å². The second-order valence-electron chi connectivity index (χ2n) is 8.43. The minimum absolute atomic E-state index is 0.0397. The molecule has 0 aliphatic carbocycles. The predicted molar refractivity (Wildman–Crippen MR) is 128 cm³/mol. The fourth-order valence-electron chi connectivity index (χ4n) is 3.38. The molecule has 1 heterocycles. The molecule has 188 valence electrons. The average molecular weight is 488 g/mol. The highest BCUT2D eigenvalue weighted by Gasteiger charge is 2.31. The van der Waals surface area contributed by atoms with E-state index in [9.17, 15) is 24.3 Å². The van der Waals surface area contributed by atoms with Crippen molar-refractivity contribution in [3.63, 3.8) is 0 Å². The van der Waals surface area contributed by atoms with Crippen LogP contribution < -0.4 is 32.7 Å². The summed E-state index contributed by atoms with van der Waals surface area (Å²) < 4.78 is 0. The highest BCUT2D eigenvalue weighted by atomic mass is 32.1. The number of aliphatic imine (C=N–C) groups is 1. The molecule has 12 nitrogen and oxygen atoms in total. The molecule has 0 aromatic heterocycles. The molecule has 1 fully saturated rings. The Morgan fingerprint density at radius 1 is 1.09 bits per heavy atom. The first kappa shape index (κ1) is 28.5. The third-order valence-corrected chi connectivity index (χ3v) is 5.46. The van der Waals surface area contributed by atoms with E-state index >= 15 is 0 Å². The number of hydrogen-bond donors (Lipinski definition) is 8. The number of hydrogen-bond acceptors (Lipinski definition) is 7. The van der Waals surface area contributed by atoms with Crippen molar-refractivity contribution in [1.82, 2.24) is 21.3 Å². The summed E-state index contributed by atoms with van der Waals surface area (Å²) in [6.45, 7) is 4.72. The van der Waals surface area contributed by atoms with Crippen molar-refractivity contribution < 1.29 is 24.3 Å². The molecule has 0 bridgehead atoms. The van der Waals surface area contributed by atoms with Crippen LogP contribution in [0, 0.1) is 5.92 Å². The van der Waals surface area contributed by atoms with Crippen LogP contribution in [0.1, 0.15) is 46.0 Å². The number of nitrogens with zero attached hydrogens (tertiary/aromatic N) is 1. The SMILES string of the molecule is CC(C)CC(NC(=O)C(CS)NC(=O)C1CCCN1)C(=O)NC(CCCN=C(N)N)C(=O)O. The maximum absolute atomic E-state index is 12.8. The fraction of sp³-hybridized carbons (Fsp3) is 0.750. The first-order valence-electron chi connectivity index (χ1n) is 11.1. The summed E-state index contributed by atoms with van der Waals surface area (Å²) in [7, 11) is 0. The van der Waals surface area contributed by atoms with Gasteiger partial charge in [0.2, 0.25) is 17.7 Å². The van der Waals surface area contributed by atoms with E-state index in [1.807, 2.05) is 13.8 Å². The van der Waals surface area contributed by atoms with Crippen molar-refractivity contribution in [3.8, 4) is 0 Å². The topological polar surface area (TPSA) is 201 Å². The molecular weight excluding hydrogens is 450 g/mol. The third kappa shape index (κ3) is 10.7. The van der Waals surface area contributed by atoms with Crippen LogP contribution in [-0.2, 0) is 19.2 Å². The van der Waals surface area contributed by atoms with Gasteiger partial charge >= 0.3 is 5.97 Å². The number of rotatable bonds is 14. The number of nitrogens with two attached hydrogens (primary N) is 2. The normalized spacial score (nSPS) is 18.1. The third-order valence-electron chi connectivity index (χ3n) is 5.09. The van der Waals surface area contributed by atoms with E-state index in [2.05, 4.69) is 38.9 Å². The lowest BCUT2D eigenvalue weighted by Crippen LogP contribution is -2.57. The lowest BCUT2D eigenvalue weighted by Gasteiger charge is -2.25. The first-order chi connectivity index (χ1) is 15.5. The number of carbonyl (C=O) groups is 4. The van der Waals surface area contributed by atoms with Gasteiger partial charge in [-0.1, -0.05) is 13.8 Å². The van der Waals surface area contributed by atoms with Crippen LogP contribution >= 0.6 is 12.6 Å². The van der Waals surface area contributed by atoms with E-state index in [0.717, 1.165) is 13.0 Å². The van der Waals surface area contributed by atoms with Crippen LogP contribution in [0.4, 0.5) is 0 Å². The molecule has 9 N–H and O–H groups in total. The number of carboxylic acids is 1. The molecule has 1 aliphatic heterocycles. The molecule has 1 saturated heterocycles. The van der Waals surface area contributed by atoms with Crippen LogP contribution in [0.2, 0.25) is 0 Å². The van der Waals surface area contributed by atoms with Gasteiger partial charge in [0, 0.05) is 12.3 Å². The Hall–Kier alpha value is -2.54. The van der Waals surface area contributed by atoms with Crippen LogP contribution in [0.5, 0.6) is 0 Å². The van der Waals surface area contributed by atoms with Gasteiger partial charge in [0.25, 0.3) is 0 Å². The molecule has 0 aromatic rings. The lowest BCUT2D eigenvalue weighted by atomic mass is 10.0. The van der Waals surface area contributed by atoms with Gasteiger partial charge in [0.05, 0.1) is 6.04 Å². The largest absolute Gasteiger partial charge is 0.480 e. The van der Waals surface area contributed by atoms with E-state index < -0.39 is 35.9 Å². The lowest BCUT2D eigenvalue weighted by molar-refractivity contribution is -0.142. The zero-order valence-corrected chi connectivity index (χ0v) is 20.1. The highest BCUT2D eigenvalue weighted by molar-refractivity contribution is 7.80. The van der Waals surface area contributed by atoms with Crippen molar-refractivity contribution in [3.05, 3.63) is 0 Å². The van der Waals surface area contributed by atoms with Crippen molar-refractivity contribution in [2.75, 3.05) is 18.8 Å². The maximum atomic E-state index is 12.8. The van der Waals surface area contributed by atoms with Gasteiger partial charge in [0.1, 0.15) is 18.1 Å². The number of guanidine groups is 1. The van der Waals surface area contributed by atoms with Crippen LogP contribution in [0.15, 0.2) is 4.99 Å². The van der Waals surface area contributed by atoms with Crippen LogP contribution in [0.25, 0.3) is 0 Å². The Morgan fingerprint density at radius 2 is 1.73 bits per heavy atom. The number of amides is 3. The number of carboxylic acid groups (broad SMARTS) is 1. The summed E-state index contributed by atoms with van der Waals surface area (Å²) in [4.78, 5) is 53.3. The molecule has 3 amide bonds. The summed E-state index contributed by atoms with van der Waals surface area (Å²) in [5.74, 6) is -2.68. The van der Waals surface area contributed by atoms with Gasteiger partial charge in [0.15, 0.2) is 5.96 Å². The minimum Gasteiger partial charge on any atom is -0.480 e. The highest BCUT2D eigenvalue weighted by Crippen LogP contribution is 2.09. The Morgan fingerprint density at radius 3 is 2.24 bits per heavy atom. The van der Waals surface area contributed by atoms with E-state index in [4.69, 9.17) is 11.5 Å². The van der Waals surface area contributed by atoms with Crippen LogP contribution in [-0.4, -0.2) is 77.8 Å². The molecule has 4 unspecified atom stereocenters. The molecule has 1 aliphatic rings. The summed E-state index contributed by atoms with van der Waals surface area (Å²) in [5.41, 5.74) is 10.5. The Bertz CT molecular complexity index is 709. The zero-order chi connectivity index (χ0) is 25.0. The second-order valence-corrected chi connectivity index (χ2v) is 8.80. The van der Waals surface area contributed by atoms with Gasteiger partial charge < -0.3 is 37.8 Å². The molecule has 13 heteroatoms. The number of aliphatic carboxylic acids is 1. The van der Waals surface area contributed by atoms with Crippen molar-refractivity contribution in [2.45, 2.75) is 70.1 Å². The summed E-state index contributed by atoms with van der Waals surface area (Å²) in [6.07, 6.45) is 2.31. The Labute approximate surface area is 199 Å². The second kappa shape index (κ2) is 14.6. The smallest absolute Gasteiger partial charge is 0.326 e. The molecule has 1 rings (SSSR count). The zero-order valence-electron chi connectivity index (χ0n) is 19.2. The van der Waals surface area contributed by atoms with Crippen molar-refractivity contribution in [1.29, 1.82) is 0 Å². The molecule has 0 aromatic carbocycles. The predicted octanol–water partition coefficient (Wildman–Crippen LogP) is -1.69. The van der Waals surface area contributed by atoms with Gasteiger partial charge in [-0.2, -0.15) is 12.6 Å². The fourth-order valence-corrected chi connectivity index (χ4v) is 3.64. The number of thiol groups is 1. The first-order valence-corrected chi connectivity index (χ1v) is 11.7. The molecule has 0 spiro atoms. The summed E-state index contributed by atoms with van der Waals surface area (Å²) >= 11 is 4.16. The molecule has 33 heavy (non-hydrogen) atoms. The number of carbonyl (C=O) groups excluding carboxylic acids is 3. The quantitative estimate of drug-likeness (QED) is 0.0613. The Balaban J connectivity index is 2.77. The van der Waals surface area contributed by atoms with Gasteiger partial charge in [-0.3, -0.25) is 19.4 Å². The summed E-state index contributed by atoms with van der Waals surface area (Å²) in [5, 5.41) is 20.3. The molecule has 0 saturated carbocycles. The summed E-state index contributed by atoms with van der Waals surface area (Å²) in [6, 6.07) is -3.42. The minimum atomic E-state index is -1.20. The Kier molecular flexibility index (Phi) is 12.6. The van der Waals surface area contributed by atoms with Crippen LogP contribution in [0.3, 0.4) is 0 Å². The molecular formula is C20H37N7O5S. The average Bonchev–Trinajstić information content (AvgIpc) is 3.27. The monoisotopic (exact) mass is 487 g/mol. The molecule has 0 radical (unpaired) electrons. The van der Waals surface area contributed by atoms with E-state index in [1.165, 1.54) is 0 Å². The standard InChI is InChI=1S/C20H37N7O5S/c1-11(2)9-14(17(29)25-13(19(31)32)6-4-8-24-20(21)22)26-18(30)15(10-33)27-16(28)12-5-3-7-23-12/h11-15,23,33H,3-10H2,1-2H3,(H,25,29)(H,26,30)(H,27,28)(H,31,32)(H4,21,22,24). The van der Waals surface area contributed by atoms with E-state index in [-0.39, 0.29) is 49.0 Å². The van der Waals surface area contributed by atoms with Crippen molar-refractivity contribution in [2.24, 2.45) is 22.4 Å². The maximum Gasteiger partial charge on any atom is 0.326 e. The van der Waals surface area contributed by atoms with Crippen molar-refractivity contribution >= 4 is 42.3 Å². The van der Waals surface area contributed by atoms with Gasteiger partial charge in [-0.15, -0.1) is 0 Å². The number of nitrogens with one attached hydrogen (secondary N) is 4. The van der Waals surface area contributed by atoms with E-state index in [1.54, 1.807) is 0 Å². The van der Waals surface area contributed by atoms with E-state index in [0.29, 0.717) is 12.8 Å². The van der Waals surface area contributed by atoms with Gasteiger partial charge in [-0.25, -0.2) is 4.79 Å².